The third kappa shape index (κ3) is 1.44. The van der Waals surface area contributed by atoms with E-state index >= 15 is 0 Å². The predicted molar refractivity (Wildman–Crippen MR) is 52.8 cm³/mol. The molecule has 0 spiro atoms. The molecule has 0 atom stereocenters. The summed E-state index contributed by atoms with van der Waals surface area (Å²) in [5, 5.41) is 0. The van der Waals surface area contributed by atoms with Crippen LogP contribution in [0, 0.1) is 0 Å². The van der Waals surface area contributed by atoms with Crippen molar-refractivity contribution in [3.05, 3.63) is 28.6 Å². The number of allylic oxidation sites excluding steroid dienone is 1. The van der Waals surface area contributed by atoms with Gasteiger partial charge in [-0.2, -0.15) is 0 Å². The number of carbonyl (C=O) groups is 1. The van der Waals surface area contributed by atoms with E-state index < -0.39 is 0 Å². The van der Waals surface area contributed by atoms with Crippen molar-refractivity contribution in [2.45, 2.75) is 26.2 Å². The Hall–Kier alpha value is -1.31. The fraction of sp³-hybridized carbons (Fsp3) is 0.364. The number of H-pyrrole nitrogens is 1. The molecule has 1 aliphatic carbocycles. The van der Waals surface area contributed by atoms with Gasteiger partial charge in [-0.3, -0.25) is 4.79 Å². The van der Waals surface area contributed by atoms with Crippen LogP contribution in [0.15, 0.2) is 11.6 Å². The summed E-state index contributed by atoms with van der Waals surface area (Å²) in [5.74, 6) is 0. The number of nitrogens with one attached hydrogen (secondary N) is 1. The second-order valence-electron chi connectivity index (χ2n) is 3.43. The Kier molecular flexibility index (Phi) is 2.05. The Morgan fingerprint density at radius 1 is 1.54 bits per heavy atom. The van der Waals surface area contributed by atoms with Gasteiger partial charge in [0.1, 0.15) is 0 Å². The van der Waals surface area contributed by atoms with Crippen LogP contribution < -0.4 is 0 Å². The van der Waals surface area contributed by atoms with Gasteiger partial charge in [0.05, 0.1) is 5.69 Å². The van der Waals surface area contributed by atoms with E-state index in [0.717, 1.165) is 25.5 Å². The van der Waals surface area contributed by atoms with Crippen molar-refractivity contribution in [3.63, 3.8) is 0 Å². The molecule has 0 fully saturated rings. The Labute approximate surface area is 77.7 Å². The van der Waals surface area contributed by atoms with Gasteiger partial charge in [-0.05, 0) is 30.9 Å². The first-order valence-electron chi connectivity index (χ1n) is 4.70. The van der Waals surface area contributed by atoms with Gasteiger partial charge in [0.15, 0.2) is 6.29 Å². The lowest BCUT2D eigenvalue weighted by molar-refractivity contribution is 0.111. The summed E-state index contributed by atoms with van der Waals surface area (Å²) in [7, 11) is 0. The summed E-state index contributed by atoms with van der Waals surface area (Å²) >= 11 is 0. The Balaban J connectivity index is 2.39. The number of hydrogen-bond donors (Lipinski definition) is 1. The van der Waals surface area contributed by atoms with Crippen LogP contribution in [0.1, 0.15) is 41.5 Å². The van der Waals surface area contributed by atoms with Crippen molar-refractivity contribution in [1.82, 2.24) is 4.98 Å². The lowest BCUT2D eigenvalue weighted by atomic mass is 9.96. The highest BCUT2D eigenvalue weighted by Gasteiger charge is 2.11. The molecule has 13 heavy (non-hydrogen) atoms. The number of aldehydes is 1. The van der Waals surface area contributed by atoms with E-state index in [9.17, 15) is 4.79 Å². The molecule has 1 heterocycles. The maximum absolute atomic E-state index is 10.5. The lowest BCUT2D eigenvalue weighted by Crippen LogP contribution is -1.97. The molecule has 0 radical (unpaired) electrons. The van der Waals surface area contributed by atoms with Crippen LogP contribution in [0.25, 0.3) is 6.08 Å². The average Bonchev–Trinajstić information content (AvgIpc) is 2.58. The van der Waals surface area contributed by atoms with E-state index in [2.05, 4.69) is 18.0 Å². The van der Waals surface area contributed by atoms with E-state index in [1.165, 1.54) is 16.8 Å². The van der Waals surface area contributed by atoms with Crippen LogP contribution in [0.2, 0.25) is 0 Å². The maximum atomic E-state index is 10.5. The zero-order chi connectivity index (χ0) is 9.26. The number of carbonyl (C=O) groups excluding carboxylic acids is 1. The minimum atomic E-state index is 0.693. The molecular weight excluding hydrogens is 162 g/mol. The van der Waals surface area contributed by atoms with Crippen molar-refractivity contribution < 1.29 is 4.79 Å². The summed E-state index contributed by atoms with van der Waals surface area (Å²) in [6, 6.07) is 1.93. The number of hydrogen-bond acceptors (Lipinski definition) is 1. The predicted octanol–water partition coefficient (Wildman–Crippen LogP) is 2.57. The van der Waals surface area contributed by atoms with Gasteiger partial charge in [0, 0.05) is 5.69 Å². The van der Waals surface area contributed by atoms with Crippen molar-refractivity contribution >= 4 is 12.4 Å². The SMILES string of the molecule is CCC1=Cc2cc(C=O)[nH]c2CC1. The van der Waals surface area contributed by atoms with Gasteiger partial charge >= 0.3 is 0 Å². The molecule has 0 saturated carbocycles. The van der Waals surface area contributed by atoms with E-state index in [-0.39, 0.29) is 0 Å². The van der Waals surface area contributed by atoms with Gasteiger partial charge < -0.3 is 4.98 Å². The van der Waals surface area contributed by atoms with Crippen LogP contribution in [-0.2, 0) is 6.42 Å². The Bertz CT molecular complexity index is 360. The zero-order valence-corrected chi connectivity index (χ0v) is 7.76. The molecule has 2 heteroatoms. The molecule has 2 rings (SSSR count). The second kappa shape index (κ2) is 3.21. The molecule has 1 aromatic rings. The Morgan fingerprint density at radius 2 is 2.38 bits per heavy atom. The standard InChI is InChI=1S/C11H13NO/c1-2-8-3-4-11-9(5-8)6-10(7-13)12-11/h5-7,12H,2-4H2,1H3. The topological polar surface area (TPSA) is 32.9 Å². The molecule has 1 aromatic heterocycles. The molecule has 1 aliphatic rings. The monoisotopic (exact) mass is 175 g/mol. The largest absolute Gasteiger partial charge is 0.356 e. The first-order chi connectivity index (χ1) is 6.33. The fourth-order valence-electron chi connectivity index (χ4n) is 1.79. The molecular formula is C11H13NO. The second-order valence-corrected chi connectivity index (χ2v) is 3.43. The van der Waals surface area contributed by atoms with Gasteiger partial charge in [0.25, 0.3) is 0 Å². The minimum Gasteiger partial charge on any atom is -0.356 e. The minimum absolute atomic E-state index is 0.693. The molecule has 0 aromatic carbocycles. The van der Waals surface area contributed by atoms with Gasteiger partial charge in [-0.15, -0.1) is 0 Å². The van der Waals surface area contributed by atoms with Crippen molar-refractivity contribution in [1.29, 1.82) is 0 Å². The average molecular weight is 175 g/mol. The summed E-state index contributed by atoms with van der Waals surface area (Å²) in [5.41, 5.74) is 4.58. The zero-order valence-electron chi connectivity index (χ0n) is 7.76. The quantitative estimate of drug-likeness (QED) is 0.688. The molecule has 0 aliphatic heterocycles. The fourth-order valence-corrected chi connectivity index (χ4v) is 1.79. The smallest absolute Gasteiger partial charge is 0.166 e. The molecule has 0 amide bonds. The van der Waals surface area contributed by atoms with Gasteiger partial charge in [-0.1, -0.05) is 18.6 Å². The van der Waals surface area contributed by atoms with Crippen LogP contribution in [-0.4, -0.2) is 11.3 Å². The molecule has 2 nitrogen and oxygen atoms in total. The highest BCUT2D eigenvalue weighted by atomic mass is 16.1. The highest BCUT2D eigenvalue weighted by molar-refractivity contribution is 5.75. The van der Waals surface area contributed by atoms with E-state index in [4.69, 9.17) is 0 Å². The lowest BCUT2D eigenvalue weighted by Gasteiger charge is -2.10. The molecule has 0 bridgehead atoms. The number of aromatic amines is 1. The number of rotatable bonds is 2. The molecule has 0 saturated heterocycles. The van der Waals surface area contributed by atoms with Crippen LogP contribution >= 0.6 is 0 Å². The first kappa shape index (κ1) is 8.30. The van der Waals surface area contributed by atoms with E-state index in [0.29, 0.717) is 5.69 Å². The molecule has 0 unspecified atom stereocenters. The highest BCUT2D eigenvalue weighted by Crippen LogP contribution is 2.25. The Morgan fingerprint density at radius 3 is 3.08 bits per heavy atom. The summed E-state index contributed by atoms with van der Waals surface area (Å²) < 4.78 is 0. The third-order valence-electron chi connectivity index (χ3n) is 2.59. The van der Waals surface area contributed by atoms with Gasteiger partial charge in [0.2, 0.25) is 0 Å². The number of fused-ring (bicyclic) bond motifs is 1. The first-order valence-corrected chi connectivity index (χ1v) is 4.70. The summed E-state index contributed by atoms with van der Waals surface area (Å²) in [4.78, 5) is 13.6. The maximum Gasteiger partial charge on any atom is 0.166 e. The van der Waals surface area contributed by atoms with E-state index in [1.807, 2.05) is 6.07 Å². The van der Waals surface area contributed by atoms with Crippen LogP contribution in [0.3, 0.4) is 0 Å². The molecule has 68 valence electrons. The molecule has 1 N–H and O–H groups in total. The van der Waals surface area contributed by atoms with Crippen LogP contribution in [0.5, 0.6) is 0 Å². The number of aryl methyl sites for hydroxylation is 1. The van der Waals surface area contributed by atoms with Crippen LogP contribution in [0.4, 0.5) is 0 Å². The van der Waals surface area contributed by atoms with Gasteiger partial charge in [-0.25, -0.2) is 0 Å². The van der Waals surface area contributed by atoms with Crippen molar-refractivity contribution in [3.8, 4) is 0 Å². The summed E-state index contributed by atoms with van der Waals surface area (Å²) in [6.45, 7) is 2.17. The third-order valence-corrected chi connectivity index (χ3v) is 2.59. The number of aromatic nitrogens is 1. The normalized spacial score (nSPS) is 15.0. The van der Waals surface area contributed by atoms with E-state index in [1.54, 1.807) is 0 Å². The summed E-state index contributed by atoms with van der Waals surface area (Å²) in [6.07, 6.45) is 6.35. The van der Waals surface area contributed by atoms with Crippen molar-refractivity contribution in [2.24, 2.45) is 0 Å². The van der Waals surface area contributed by atoms with Crippen molar-refractivity contribution in [2.75, 3.05) is 0 Å².